The summed E-state index contributed by atoms with van der Waals surface area (Å²) in [6.07, 6.45) is 1.79. The Morgan fingerprint density at radius 2 is 1.89 bits per heavy atom. The number of nitrogens with zero attached hydrogens (tertiary/aromatic N) is 2. The molecule has 0 spiro atoms. The number of amides is 1. The highest BCUT2D eigenvalue weighted by atomic mass is 127. The summed E-state index contributed by atoms with van der Waals surface area (Å²) in [6.45, 7) is 0.236. The fourth-order valence-corrected chi connectivity index (χ4v) is 4.90. The molecule has 1 aliphatic rings. The molecule has 35 heavy (non-hydrogen) atoms. The molecule has 1 heterocycles. The van der Waals surface area contributed by atoms with Crippen LogP contribution in [0.1, 0.15) is 16.7 Å². The van der Waals surface area contributed by atoms with Crippen LogP contribution < -0.4 is 19.5 Å². The first-order valence-corrected chi connectivity index (χ1v) is 12.3. The Morgan fingerprint density at radius 1 is 1.11 bits per heavy atom. The van der Waals surface area contributed by atoms with Crippen LogP contribution in [0.3, 0.4) is 0 Å². The molecule has 3 aromatic rings. The first-order valence-electron chi connectivity index (χ1n) is 10.4. The van der Waals surface area contributed by atoms with Crippen LogP contribution in [0, 0.1) is 14.9 Å². The largest absolute Gasteiger partial charge is 0.497 e. The lowest BCUT2D eigenvalue weighted by atomic mass is 10.1. The van der Waals surface area contributed by atoms with Crippen molar-refractivity contribution in [3.05, 3.63) is 85.8 Å². The maximum Gasteiger partial charge on any atom is 0.264 e. The molecular weight excluding hydrogens is 577 g/mol. The topological polar surface area (TPSA) is 92.9 Å². The highest BCUT2D eigenvalue weighted by Gasteiger charge is 2.24. The number of ether oxygens (including phenoxy) is 3. The average Bonchev–Trinajstić information content (AvgIpc) is 3.21. The van der Waals surface area contributed by atoms with Crippen molar-refractivity contribution in [3.63, 3.8) is 0 Å². The monoisotopic (exact) mass is 597 g/mol. The molecule has 7 nitrogen and oxygen atoms in total. The van der Waals surface area contributed by atoms with Crippen LogP contribution in [0.15, 0.2) is 70.6 Å². The molecule has 0 saturated carbocycles. The number of thioether (sulfide) groups is 1. The summed E-state index contributed by atoms with van der Waals surface area (Å²) in [5.74, 6) is 1.63. The normalized spacial score (nSPS) is 15.1. The molecule has 4 rings (SSSR count). The zero-order valence-electron chi connectivity index (χ0n) is 18.9. The van der Waals surface area contributed by atoms with E-state index >= 15 is 0 Å². The van der Waals surface area contributed by atoms with Crippen molar-refractivity contribution >= 4 is 57.2 Å². The molecule has 0 aromatic heterocycles. The van der Waals surface area contributed by atoms with Crippen LogP contribution in [0.4, 0.5) is 5.69 Å². The molecule has 9 heteroatoms. The van der Waals surface area contributed by atoms with Crippen molar-refractivity contribution < 1.29 is 19.0 Å². The summed E-state index contributed by atoms with van der Waals surface area (Å²) in [6, 6.07) is 20.5. The number of amidine groups is 1. The van der Waals surface area contributed by atoms with E-state index in [4.69, 9.17) is 14.2 Å². The minimum absolute atomic E-state index is 0.218. The Balaban J connectivity index is 1.53. The van der Waals surface area contributed by atoms with Gasteiger partial charge in [0, 0.05) is 5.56 Å². The van der Waals surface area contributed by atoms with Crippen LogP contribution in [0.5, 0.6) is 17.2 Å². The van der Waals surface area contributed by atoms with Gasteiger partial charge in [0.05, 0.1) is 40.0 Å². The van der Waals surface area contributed by atoms with Crippen molar-refractivity contribution in [2.45, 2.75) is 6.61 Å². The Labute approximate surface area is 220 Å². The van der Waals surface area contributed by atoms with Crippen LogP contribution >= 0.6 is 34.4 Å². The molecule has 176 valence electrons. The second kappa shape index (κ2) is 11.3. The highest BCUT2D eigenvalue weighted by Crippen LogP contribution is 2.37. The van der Waals surface area contributed by atoms with Gasteiger partial charge in [-0.25, -0.2) is 4.99 Å². The number of hydrogen-bond donors (Lipinski definition) is 1. The Morgan fingerprint density at radius 3 is 2.60 bits per heavy atom. The number of rotatable bonds is 7. The lowest BCUT2D eigenvalue weighted by Gasteiger charge is -2.14. The Kier molecular flexibility index (Phi) is 7.94. The maximum atomic E-state index is 12.5. The van der Waals surface area contributed by atoms with Gasteiger partial charge in [0.25, 0.3) is 5.91 Å². The van der Waals surface area contributed by atoms with Gasteiger partial charge in [-0.3, -0.25) is 4.79 Å². The molecule has 3 aromatic carbocycles. The van der Waals surface area contributed by atoms with Crippen LogP contribution in [0.25, 0.3) is 6.08 Å². The number of nitrogens with one attached hydrogen (secondary N) is 1. The molecule has 1 aliphatic heterocycles. The lowest BCUT2D eigenvalue weighted by Crippen LogP contribution is -2.19. The van der Waals surface area contributed by atoms with Gasteiger partial charge >= 0.3 is 0 Å². The van der Waals surface area contributed by atoms with Gasteiger partial charge in [-0.15, -0.1) is 0 Å². The summed E-state index contributed by atoms with van der Waals surface area (Å²) in [4.78, 5) is 17.5. The standard InChI is InChI=1S/C26H20IN3O4S/c1-32-20-9-7-19(8-10-20)29-26-30-25(31)23(35-26)13-16-11-21(27)24(22(12-16)33-2)34-15-18-6-4-3-5-17(18)14-28/h3-13H,15H2,1-2H3,(H,29,30,31)/b23-13+. The number of carbonyl (C=O) groups excluding carboxylic acids is 1. The molecule has 0 bridgehead atoms. The number of methoxy groups -OCH3 is 2. The Bertz CT molecular complexity index is 1360. The minimum atomic E-state index is -0.218. The van der Waals surface area contributed by atoms with Gasteiger partial charge in [-0.05, 0) is 88.5 Å². The number of halogens is 1. The Hall–Kier alpha value is -3.49. The summed E-state index contributed by atoms with van der Waals surface area (Å²) in [5, 5.41) is 12.6. The highest BCUT2D eigenvalue weighted by molar-refractivity contribution is 14.1. The molecular formula is C26H20IN3O4S. The predicted octanol–water partition coefficient (Wildman–Crippen LogP) is 5.65. The number of carbonyl (C=O) groups is 1. The van der Waals surface area contributed by atoms with Crippen molar-refractivity contribution in [2.24, 2.45) is 4.99 Å². The zero-order chi connectivity index (χ0) is 24.8. The molecule has 1 N–H and O–H groups in total. The molecule has 0 atom stereocenters. The molecule has 1 fully saturated rings. The van der Waals surface area contributed by atoms with Crippen molar-refractivity contribution in [1.82, 2.24) is 5.32 Å². The van der Waals surface area contributed by atoms with Gasteiger partial charge in [0.15, 0.2) is 16.7 Å². The second-order valence-electron chi connectivity index (χ2n) is 7.27. The van der Waals surface area contributed by atoms with Gasteiger partial charge < -0.3 is 19.5 Å². The average molecular weight is 597 g/mol. The zero-order valence-corrected chi connectivity index (χ0v) is 21.8. The van der Waals surface area contributed by atoms with E-state index < -0.39 is 0 Å². The first-order chi connectivity index (χ1) is 17.0. The van der Waals surface area contributed by atoms with Crippen LogP contribution in [0.2, 0.25) is 0 Å². The number of nitriles is 1. The van der Waals surface area contributed by atoms with Gasteiger partial charge in [0.2, 0.25) is 0 Å². The van der Waals surface area contributed by atoms with Crippen molar-refractivity contribution in [2.75, 3.05) is 14.2 Å². The third kappa shape index (κ3) is 5.96. The van der Waals surface area contributed by atoms with Gasteiger partial charge in [0.1, 0.15) is 12.4 Å². The summed E-state index contributed by atoms with van der Waals surface area (Å²) in [5.41, 5.74) is 2.87. The quantitative estimate of drug-likeness (QED) is 0.280. The first kappa shape index (κ1) is 24.6. The maximum absolute atomic E-state index is 12.5. The van der Waals surface area contributed by atoms with E-state index in [1.165, 1.54) is 11.8 Å². The van der Waals surface area contributed by atoms with E-state index in [1.54, 1.807) is 26.4 Å². The van der Waals surface area contributed by atoms with Crippen molar-refractivity contribution in [1.29, 1.82) is 5.26 Å². The number of aliphatic imine (C=N–C) groups is 1. The van der Waals surface area contributed by atoms with Crippen LogP contribution in [-0.4, -0.2) is 25.3 Å². The summed E-state index contributed by atoms with van der Waals surface area (Å²) in [7, 11) is 3.17. The van der Waals surface area contributed by atoms with E-state index in [9.17, 15) is 10.1 Å². The van der Waals surface area contributed by atoms with E-state index in [-0.39, 0.29) is 12.5 Å². The van der Waals surface area contributed by atoms with E-state index in [0.29, 0.717) is 32.8 Å². The van der Waals surface area contributed by atoms with Gasteiger partial charge in [-0.2, -0.15) is 5.26 Å². The predicted molar refractivity (Wildman–Crippen MR) is 145 cm³/mol. The molecule has 0 aliphatic carbocycles. The second-order valence-corrected chi connectivity index (χ2v) is 9.46. The number of hydrogen-bond acceptors (Lipinski definition) is 7. The van der Waals surface area contributed by atoms with Crippen molar-refractivity contribution in [3.8, 4) is 23.3 Å². The smallest absolute Gasteiger partial charge is 0.264 e. The SMILES string of the molecule is COc1ccc(N=C2NC(=O)/C(=C\c3cc(I)c(OCc4ccccc4C#N)c(OC)c3)S2)cc1. The van der Waals surface area contributed by atoms with E-state index in [1.807, 2.05) is 54.6 Å². The fraction of sp³-hybridized carbons (Fsp3) is 0.115. The third-order valence-corrected chi connectivity index (χ3v) is 6.72. The molecule has 0 unspecified atom stereocenters. The minimum Gasteiger partial charge on any atom is -0.497 e. The van der Waals surface area contributed by atoms with E-state index in [2.05, 4.69) is 39.0 Å². The third-order valence-electron chi connectivity index (χ3n) is 5.01. The lowest BCUT2D eigenvalue weighted by molar-refractivity contribution is -0.115. The number of benzene rings is 3. The molecule has 1 saturated heterocycles. The fourth-order valence-electron chi connectivity index (χ4n) is 3.27. The van der Waals surface area contributed by atoms with Crippen LogP contribution in [-0.2, 0) is 11.4 Å². The summed E-state index contributed by atoms with van der Waals surface area (Å²) < 4.78 is 17.6. The van der Waals surface area contributed by atoms with Gasteiger partial charge in [-0.1, -0.05) is 18.2 Å². The summed E-state index contributed by atoms with van der Waals surface area (Å²) >= 11 is 3.44. The molecule has 1 amide bonds. The molecule has 0 radical (unpaired) electrons. The van der Waals surface area contributed by atoms with E-state index in [0.717, 1.165) is 20.4 Å².